The number of ether oxygens (including phenoxy) is 4. The molecule has 0 bridgehead atoms. The molecule has 3 N–H and O–H groups in total. The molecule has 0 aliphatic carbocycles. The van der Waals surface area contributed by atoms with Gasteiger partial charge in [0.15, 0.2) is 12.2 Å². The average Bonchev–Trinajstić information content (AvgIpc) is 3.44. The lowest BCUT2D eigenvalue weighted by atomic mass is 10.0. The Kier molecular flexibility index (Phi) is 53.0. The molecule has 0 aromatic heterocycles. The molecule has 0 fully saturated rings. The van der Waals surface area contributed by atoms with E-state index in [2.05, 4.69) is 55.4 Å². The van der Waals surface area contributed by atoms with Gasteiger partial charge in [-0.2, -0.15) is 0 Å². The molecule has 17 nitrogen and oxygen atoms in total. The zero-order valence-corrected chi connectivity index (χ0v) is 55.6. The number of aliphatic hydroxyl groups is 1. The zero-order chi connectivity index (χ0) is 61.8. The summed E-state index contributed by atoms with van der Waals surface area (Å²) in [6.45, 7) is 13.9. The molecular formula is C64H124O17P2. The van der Waals surface area contributed by atoms with E-state index in [1.807, 2.05) is 0 Å². The smallest absolute Gasteiger partial charge is 0.462 e. The Balaban J connectivity index is 5.23. The molecule has 0 spiro atoms. The van der Waals surface area contributed by atoms with E-state index >= 15 is 0 Å². The third kappa shape index (κ3) is 58.8. The third-order valence-corrected chi connectivity index (χ3v) is 16.5. The molecule has 0 aromatic rings. The summed E-state index contributed by atoms with van der Waals surface area (Å²) >= 11 is 0. The van der Waals surface area contributed by atoms with Gasteiger partial charge in [-0.25, -0.2) is 9.13 Å². The maximum Gasteiger partial charge on any atom is 0.472 e. The van der Waals surface area contributed by atoms with Crippen LogP contribution in [-0.2, 0) is 65.4 Å². The molecular weight excluding hydrogens is 1100 g/mol. The summed E-state index contributed by atoms with van der Waals surface area (Å²) in [5, 5.41) is 10.5. The number of hydrogen-bond donors (Lipinski definition) is 3. The van der Waals surface area contributed by atoms with Gasteiger partial charge in [0.2, 0.25) is 0 Å². The highest BCUT2D eigenvalue weighted by atomic mass is 31.2. The molecule has 0 heterocycles. The number of rotatable bonds is 61. The van der Waals surface area contributed by atoms with Crippen LogP contribution in [0.1, 0.15) is 306 Å². The fourth-order valence-corrected chi connectivity index (χ4v) is 11.0. The molecule has 0 radical (unpaired) electrons. The maximum absolute atomic E-state index is 13.0. The van der Waals surface area contributed by atoms with Crippen LogP contribution in [0.4, 0.5) is 0 Å². The van der Waals surface area contributed by atoms with Crippen LogP contribution in [0.2, 0.25) is 0 Å². The highest BCUT2D eigenvalue weighted by molar-refractivity contribution is 7.47. The molecule has 0 amide bonds. The van der Waals surface area contributed by atoms with Gasteiger partial charge < -0.3 is 33.8 Å². The van der Waals surface area contributed by atoms with Gasteiger partial charge in [0.25, 0.3) is 0 Å². The number of carbonyl (C=O) groups is 4. The summed E-state index contributed by atoms with van der Waals surface area (Å²) < 4.78 is 67.9. The Morgan fingerprint density at radius 3 is 0.747 bits per heavy atom. The molecule has 0 rings (SSSR count). The van der Waals surface area contributed by atoms with Crippen molar-refractivity contribution in [1.82, 2.24) is 0 Å². The first kappa shape index (κ1) is 81.1. The minimum absolute atomic E-state index is 0.101. The number of phosphoric acid groups is 2. The van der Waals surface area contributed by atoms with E-state index in [1.54, 1.807) is 0 Å². The van der Waals surface area contributed by atoms with Crippen LogP contribution in [0.3, 0.4) is 0 Å². The highest BCUT2D eigenvalue weighted by Gasteiger charge is 2.30. The standard InChI is InChI=1S/C64H124O17P2/c1-54(2)40-32-24-16-11-9-10-12-19-28-36-44-61(66)74-51-60(81-64(69)47-39-31-23-22-27-35-43-57(7)8)53-79-83(72,73)77-49-58(65)48-76-82(70,71)78-52-59(50-75-62(67)45-37-29-21-15-18-26-34-42-56(5)6)80-63(68)46-38-30-20-14-13-17-25-33-41-55(3)4/h54-60,65H,9-53H2,1-8H3,(H,70,71)(H,72,73)/t58?,59-,60-/m1/s1. The van der Waals surface area contributed by atoms with E-state index in [1.165, 1.54) is 103 Å². The van der Waals surface area contributed by atoms with Crippen LogP contribution in [0, 0.1) is 23.7 Å². The van der Waals surface area contributed by atoms with Gasteiger partial charge in [-0.3, -0.25) is 37.3 Å². The number of esters is 4. The molecule has 0 aromatic carbocycles. The van der Waals surface area contributed by atoms with E-state index in [9.17, 15) is 43.2 Å². The Morgan fingerprint density at radius 1 is 0.301 bits per heavy atom. The average molecular weight is 1230 g/mol. The first-order valence-corrected chi connectivity index (χ1v) is 36.2. The summed E-state index contributed by atoms with van der Waals surface area (Å²) in [4.78, 5) is 72.2. The Labute approximate surface area is 505 Å². The molecule has 492 valence electrons. The third-order valence-electron chi connectivity index (χ3n) is 14.6. The molecule has 5 atom stereocenters. The van der Waals surface area contributed by atoms with Crippen LogP contribution in [-0.4, -0.2) is 96.7 Å². The van der Waals surface area contributed by atoms with Crippen molar-refractivity contribution in [3.05, 3.63) is 0 Å². The van der Waals surface area contributed by atoms with E-state index in [0.29, 0.717) is 37.5 Å². The van der Waals surface area contributed by atoms with Gasteiger partial charge in [-0.15, -0.1) is 0 Å². The van der Waals surface area contributed by atoms with Crippen molar-refractivity contribution >= 4 is 39.5 Å². The van der Waals surface area contributed by atoms with Crippen molar-refractivity contribution in [2.45, 2.75) is 324 Å². The van der Waals surface area contributed by atoms with Crippen LogP contribution in [0.15, 0.2) is 0 Å². The number of carbonyl (C=O) groups excluding carboxylic acids is 4. The van der Waals surface area contributed by atoms with E-state index in [4.69, 9.17) is 37.0 Å². The Hall–Kier alpha value is -1.94. The number of hydrogen-bond acceptors (Lipinski definition) is 15. The van der Waals surface area contributed by atoms with Crippen LogP contribution < -0.4 is 0 Å². The summed E-state index contributed by atoms with van der Waals surface area (Å²) in [6.07, 6.45) is 33.8. The topological polar surface area (TPSA) is 237 Å². The molecule has 0 saturated heterocycles. The van der Waals surface area contributed by atoms with Crippen molar-refractivity contribution < 1.29 is 80.2 Å². The second-order valence-corrected chi connectivity index (χ2v) is 28.0. The highest BCUT2D eigenvalue weighted by Crippen LogP contribution is 2.45. The second-order valence-electron chi connectivity index (χ2n) is 25.1. The zero-order valence-electron chi connectivity index (χ0n) is 53.8. The van der Waals surface area contributed by atoms with E-state index < -0.39 is 97.5 Å². The molecule has 19 heteroatoms. The summed E-state index contributed by atoms with van der Waals surface area (Å²) in [5.41, 5.74) is 0. The predicted octanol–water partition coefficient (Wildman–Crippen LogP) is 17.4. The molecule has 0 aliphatic heterocycles. The van der Waals surface area contributed by atoms with Crippen molar-refractivity contribution in [2.24, 2.45) is 23.7 Å². The molecule has 0 saturated carbocycles. The van der Waals surface area contributed by atoms with Gasteiger partial charge in [-0.1, -0.05) is 254 Å². The van der Waals surface area contributed by atoms with Crippen LogP contribution in [0.5, 0.6) is 0 Å². The minimum atomic E-state index is -4.94. The van der Waals surface area contributed by atoms with Crippen LogP contribution >= 0.6 is 15.6 Å². The predicted molar refractivity (Wildman–Crippen MR) is 331 cm³/mol. The molecule has 0 aliphatic rings. The Bertz CT molecular complexity index is 1660. The lowest BCUT2D eigenvalue weighted by Gasteiger charge is -2.21. The monoisotopic (exact) mass is 1230 g/mol. The SMILES string of the molecule is CC(C)CCCCCCCCCCCCC(=O)OC[C@H](COP(=O)(O)OCC(O)COP(=O)(O)OC[C@@H](COC(=O)CCCCCCCCCC(C)C)OC(=O)CCCCCCCCCCC(C)C)OC(=O)CCCCCCCCC(C)C. The minimum Gasteiger partial charge on any atom is -0.462 e. The van der Waals surface area contributed by atoms with E-state index in [-0.39, 0.29) is 25.7 Å². The quantitative estimate of drug-likeness (QED) is 0.0222. The van der Waals surface area contributed by atoms with Crippen molar-refractivity contribution in [3.8, 4) is 0 Å². The number of phosphoric ester groups is 2. The first-order valence-electron chi connectivity index (χ1n) is 33.2. The van der Waals surface area contributed by atoms with Gasteiger partial charge in [-0.05, 0) is 49.4 Å². The lowest BCUT2D eigenvalue weighted by molar-refractivity contribution is -0.161. The fourth-order valence-electron chi connectivity index (χ4n) is 9.43. The first-order chi connectivity index (χ1) is 39.6. The second kappa shape index (κ2) is 54.2. The van der Waals surface area contributed by atoms with Crippen molar-refractivity contribution in [1.29, 1.82) is 0 Å². The number of aliphatic hydroxyl groups excluding tert-OH is 1. The van der Waals surface area contributed by atoms with Crippen molar-refractivity contribution in [2.75, 3.05) is 39.6 Å². The summed E-state index contributed by atoms with van der Waals surface area (Å²) in [7, 11) is -9.89. The largest absolute Gasteiger partial charge is 0.472 e. The van der Waals surface area contributed by atoms with Crippen LogP contribution in [0.25, 0.3) is 0 Å². The normalized spacial score (nSPS) is 14.4. The summed E-state index contributed by atoms with van der Waals surface area (Å²) in [5.74, 6) is 0.707. The summed E-state index contributed by atoms with van der Waals surface area (Å²) in [6, 6.07) is 0. The van der Waals surface area contributed by atoms with Gasteiger partial charge in [0.05, 0.1) is 26.4 Å². The maximum atomic E-state index is 13.0. The number of unbranched alkanes of at least 4 members (excludes halogenated alkanes) is 27. The van der Waals surface area contributed by atoms with Gasteiger partial charge in [0.1, 0.15) is 19.3 Å². The fraction of sp³-hybridized carbons (Fsp3) is 0.938. The molecule has 3 unspecified atom stereocenters. The van der Waals surface area contributed by atoms with E-state index in [0.717, 1.165) is 108 Å². The Morgan fingerprint density at radius 2 is 0.506 bits per heavy atom. The lowest BCUT2D eigenvalue weighted by Crippen LogP contribution is -2.30. The molecule has 83 heavy (non-hydrogen) atoms. The van der Waals surface area contributed by atoms with Crippen molar-refractivity contribution in [3.63, 3.8) is 0 Å². The van der Waals surface area contributed by atoms with Gasteiger partial charge in [0, 0.05) is 25.7 Å². The van der Waals surface area contributed by atoms with Gasteiger partial charge >= 0.3 is 39.5 Å².